The lowest BCUT2D eigenvalue weighted by atomic mass is 9.92. The Balaban J connectivity index is 0.00000400. The number of hydrogen-bond acceptors (Lipinski definition) is 3. The summed E-state index contributed by atoms with van der Waals surface area (Å²) in [5.41, 5.74) is 3.70. The van der Waals surface area contributed by atoms with E-state index in [1.807, 2.05) is 84.9 Å². The Labute approximate surface area is 231 Å². The molecule has 5 heteroatoms. The molecule has 4 aromatic rings. The third-order valence-electron chi connectivity index (χ3n) is 6.75. The van der Waals surface area contributed by atoms with Gasteiger partial charge in [0.2, 0.25) is 0 Å². The van der Waals surface area contributed by atoms with Crippen molar-refractivity contribution in [1.29, 1.82) is 0 Å². The van der Waals surface area contributed by atoms with Crippen LogP contribution < -0.4 is 4.74 Å². The van der Waals surface area contributed by atoms with Gasteiger partial charge in [-0.2, -0.15) is 0 Å². The fourth-order valence-electron chi connectivity index (χ4n) is 4.31. The van der Waals surface area contributed by atoms with Gasteiger partial charge < -0.3 is 4.74 Å². The molecule has 4 rings (SSSR count). The maximum absolute atomic E-state index is 13.5. The molecule has 0 radical (unpaired) electrons. The molecule has 198 valence electrons. The summed E-state index contributed by atoms with van der Waals surface area (Å²) in [5.74, 6) is 0.505. The molecule has 3 nitrogen and oxygen atoms in total. The molecule has 4 aromatic carbocycles. The van der Waals surface area contributed by atoms with E-state index in [1.165, 1.54) is 12.1 Å². The van der Waals surface area contributed by atoms with Crippen LogP contribution in [0.3, 0.4) is 0 Å². The van der Waals surface area contributed by atoms with E-state index in [0.717, 1.165) is 29.5 Å². The Morgan fingerprint density at radius 1 is 0.789 bits per heavy atom. The topological polar surface area (TPSA) is 29.5 Å². The molecule has 38 heavy (non-hydrogen) atoms. The molecule has 0 aliphatic rings. The SMILES string of the molecule is CC(C)(CCc1ccc(F)cc1)N(CC(=O)c1cccc(OCc2ccccc2)c1)Cc1ccccc1.Cl. The molecule has 0 aliphatic heterocycles. The molecule has 0 aromatic heterocycles. The molecule has 0 saturated heterocycles. The largest absolute Gasteiger partial charge is 0.489 e. The quantitative estimate of drug-likeness (QED) is 0.174. The Morgan fingerprint density at radius 2 is 1.42 bits per heavy atom. The highest BCUT2D eigenvalue weighted by atomic mass is 35.5. The highest BCUT2D eigenvalue weighted by Crippen LogP contribution is 2.25. The molecular weight excluding hydrogens is 497 g/mol. The second-order valence-electron chi connectivity index (χ2n) is 10.0. The normalized spacial score (nSPS) is 11.2. The van der Waals surface area contributed by atoms with E-state index in [1.54, 1.807) is 0 Å². The molecule has 0 fully saturated rings. The number of benzene rings is 4. The number of ether oxygens (including phenoxy) is 1. The van der Waals surface area contributed by atoms with Gasteiger partial charge in [0.05, 0.1) is 6.54 Å². The average molecular weight is 532 g/mol. The van der Waals surface area contributed by atoms with Gasteiger partial charge in [-0.3, -0.25) is 9.69 Å². The number of ketones is 1. The van der Waals surface area contributed by atoms with E-state index in [0.29, 0.717) is 24.5 Å². The summed E-state index contributed by atoms with van der Waals surface area (Å²) < 4.78 is 19.3. The monoisotopic (exact) mass is 531 g/mol. The van der Waals surface area contributed by atoms with Crippen LogP contribution in [0.2, 0.25) is 0 Å². The third kappa shape index (κ3) is 8.54. The molecule has 0 saturated carbocycles. The zero-order valence-corrected chi connectivity index (χ0v) is 22.8. The van der Waals surface area contributed by atoms with Gasteiger partial charge in [0.1, 0.15) is 18.2 Å². The van der Waals surface area contributed by atoms with Gasteiger partial charge in [-0.05, 0) is 67.6 Å². The molecule has 0 bridgehead atoms. The molecule has 0 unspecified atom stereocenters. The number of rotatable bonds is 12. The van der Waals surface area contributed by atoms with Crippen molar-refractivity contribution in [3.8, 4) is 5.75 Å². The summed E-state index contributed by atoms with van der Waals surface area (Å²) in [6.07, 6.45) is 1.63. The number of nitrogens with zero attached hydrogens (tertiary/aromatic N) is 1. The van der Waals surface area contributed by atoms with Crippen molar-refractivity contribution in [2.45, 2.75) is 45.4 Å². The third-order valence-corrected chi connectivity index (χ3v) is 6.75. The van der Waals surface area contributed by atoms with Crippen molar-refractivity contribution in [3.63, 3.8) is 0 Å². The minimum Gasteiger partial charge on any atom is -0.489 e. The fourth-order valence-corrected chi connectivity index (χ4v) is 4.31. The van der Waals surface area contributed by atoms with Crippen LogP contribution in [0.5, 0.6) is 5.75 Å². The minimum atomic E-state index is -0.263. The van der Waals surface area contributed by atoms with Gasteiger partial charge in [-0.25, -0.2) is 4.39 Å². The van der Waals surface area contributed by atoms with E-state index in [4.69, 9.17) is 4.74 Å². The fraction of sp³-hybridized carbons (Fsp3) is 0.242. The second kappa shape index (κ2) is 13.9. The van der Waals surface area contributed by atoms with Crippen LogP contribution in [0.1, 0.15) is 47.3 Å². The second-order valence-corrected chi connectivity index (χ2v) is 10.0. The van der Waals surface area contributed by atoms with Crippen molar-refractivity contribution < 1.29 is 13.9 Å². The number of Topliss-reactive ketones (excluding diaryl/α,β-unsaturated/α-hetero) is 1. The first-order chi connectivity index (χ1) is 17.9. The van der Waals surface area contributed by atoms with E-state index in [2.05, 4.69) is 30.9 Å². The van der Waals surface area contributed by atoms with E-state index < -0.39 is 0 Å². The Kier molecular flexibility index (Phi) is 10.6. The average Bonchev–Trinajstić information content (AvgIpc) is 2.92. The van der Waals surface area contributed by atoms with E-state index in [9.17, 15) is 9.18 Å². The maximum Gasteiger partial charge on any atom is 0.176 e. The van der Waals surface area contributed by atoms with Gasteiger partial charge in [0.15, 0.2) is 5.78 Å². The van der Waals surface area contributed by atoms with Crippen LogP contribution in [-0.2, 0) is 19.6 Å². The van der Waals surface area contributed by atoms with Gasteiger partial charge in [0, 0.05) is 17.6 Å². The summed E-state index contributed by atoms with van der Waals surface area (Å²) in [4.78, 5) is 15.7. The van der Waals surface area contributed by atoms with Crippen molar-refractivity contribution in [2.75, 3.05) is 6.54 Å². The number of aryl methyl sites for hydroxylation is 1. The highest BCUT2D eigenvalue weighted by molar-refractivity contribution is 5.98. The number of hydrogen-bond donors (Lipinski definition) is 0. The summed E-state index contributed by atoms with van der Waals surface area (Å²) in [5, 5.41) is 0. The lowest BCUT2D eigenvalue weighted by molar-refractivity contribution is 0.0726. The standard InChI is InChI=1S/C33H34FNO2.ClH/c1-33(2,21-20-26-16-18-30(34)19-17-26)35(23-27-10-5-3-6-11-27)24-32(36)29-14-9-15-31(22-29)37-25-28-12-7-4-8-13-28;/h3-19,22H,20-21,23-25H2,1-2H3;1H. The lowest BCUT2D eigenvalue weighted by Gasteiger charge is -2.38. The first-order valence-electron chi connectivity index (χ1n) is 12.7. The molecule has 0 heterocycles. The van der Waals surface area contributed by atoms with Crippen LogP contribution >= 0.6 is 12.4 Å². The van der Waals surface area contributed by atoms with Crippen LogP contribution in [-0.4, -0.2) is 22.8 Å². The Hall–Kier alpha value is -3.47. The van der Waals surface area contributed by atoms with Crippen LogP contribution in [0.4, 0.5) is 4.39 Å². The predicted molar refractivity (Wildman–Crippen MR) is 154 cm³/mol. The van der Waals surface area contributed by atoms with Gasteiger partial charge >= 0.3 is 0 Å². The zero-order valence-electron chi connectivity index (χ0n) is 22.0. The maximum atomic E-state index is 13.5. The first-order valence-corrected chi connectivity index (χ1v) is 12.7. The van der Waals surface area contributed by atoms with Crippen molar-refractivity contribution in [3.05, 3.63) is 137 Å². The molecule has 0 atom stereocenters. The Bertz CT molecular complexity index is 1280. The molecule has 0 spiro atoms. The van der Waals surface area contributed by atoms with Crippen LogP contribution in [0.15, 0.2) is 109 Å². The smallest absolute Gasteiger partial charge is 0.176 e. The minimum absolute atomic E-state index is 0. The van der Waals surface area contributed by atoms with Gasteiger partial charge in [-0.15, -0.1) is 12.4 Å². The summed E-state index contributed by atoms with van der Waals surface area (Å²) in [6.45, 7) is 5.74. The summed E-state index contributed by atoms with van der Waals surface area (Å²) in [6, 6.07) is 34.3. The van der Waals surface area contributed by atoms with E-state index >= 15 is 0 Å². The summed E-state index contributed by atoms with van der Waals surface area (Å²) >= 11 is 0. The van der Waals surface area contributed by atoms with Crippen molar-refractivity contribution in [2.24, 2.45) is 0 Å². The molecule has 0 N–H and O–H groups in total. The number of halogens is 2. The van der Waals surface area contributed by atoms with Crippen LogP contribution in [0, 0.1) is 5.82 Å². The lowest BCUT2D eigenvalue weighted by Crippen LogP contribution is -2.46. The van der Waals surface area contributed by atoms with Crippen molar-refractivity contribution in [1.82, 2.24) is 4.90 Å². The molecule has 0 aliphatic carbocycles. The first kappa shape index (κ1) is 29.1. The Morgan fingerprint density at radius 3 is 2.08 bits per heavy atom. The van der Waals surface area contributed by atoms with Gasteiger partial charge in [0.25, 0.3) is 0 Å². The molecular formula is C33H35ClFNO2. The number of carbonyl (C=O) groups excluding carboxylic acids is 1. The summed E-state index contributed by atoms with van der Waals surface area (Å²) in [7, 11) is 0. The van der Waals surface area contributed by atoms with E-state index in [-0.39, 0.29) is 36.1 Å². The number of carbonyl (C=O) groups is 1. The van der Waals surface area contributed by atoms with Gasteiger partial charge in [-0.1, -0.05) is 84.9 Å². The predicted octanol–water partition coefficient (Wildman–Crippen LogP) is 7.92. The van der Waals surface area contributed by atoms with Crippen molar-refractivity contribution >= 4 is 18.2 Å². The zero-order chi connectivity index (χ0) is 26.1. The molecule has 0 amide bonds. The van der Waals surface area contributed by atoms with Crippen LogP contribution in [0.25, 0.3) is 0 Å². The highest BCUT2D eigenvalue weighted by Gasteiger charge is 2.29.